The first-order valence-corrected chi connectivity index (χ1v) is 6.92. The SMILES string of the molecule is N#CCCC(=O)NC1C2CC3CC(C2)CC1C3. The van der Waals surface area contributed by atoms with Crippen LogP contribution in [0.25, 0.3) is 0 Å². The lowest BCUT2D eigenvalue weighted by molar-refractivity contribution is -0.124. The molecule has 0 aromatic heterocycles. The lowest BCUT2D eigenvalue weighted by Crippen LogP contribution is -2.55. The fourth-order valence-corrected chi connectivity index (χ4v) is 4.59. The number of nitriles is 1. The molecule has 4 aliphatic carbocycles. The van der Waals surface area contributed by atoms with E-state index in [2.05, 4.69) is 5.32 Å². The topological polar surface area (TPSA) is 52.9 Å². The average molecular weight is 232 g/mol. The van der Waals surface area contributed by atoms with Crippen LogP contribution in [0, 0.1) is 35.0 Å². The summed E-state index contributed by atoms with van der Waals surface area (Å²) >= 11 is 0. The number of hydrogen-bond donors (Lipinski definition) is 1. The summed E-state index contributed by atoms with van der Waals surface area (Å²) in [5, 5.41) is 11.7. The van der Waals surface area contributed by atoms with Gasteiger partial charge in [-0.15, -0.1) is 0 Å². The summed E-state index contributed by atoms with van der Waals surface area (Å²) in [5.74, 6) is 3.45. The normalized spacial score (nSPS) is 42.2. The van der Waals surface area contributed by atoms with Crippen molar-refractivity contribution in [2.45, 2.75) is 51.0 Å². The van der Waals surface area contributed by atoms with Crippen molar-refractivity contribution >= 4 is 5.91 Å². The van der Waals surface area contributed by atoms with Crippen LogP contribution in [0.3, 0.4) is 0 Å². The third kappa shape index (κ3) is 2.06. The van der Waals surface area contributed by atoms with E-state index in [1.807, 2.05) is 6.07 Å². The van der Waals surface area contributed by atoms with Crippen molar-refractivity contribution in [1.29, 1.82) is 5.26 Å². The highest BCUT2D eigenvalue weighted by molar-refractivity contribution is 5.76. The zero-order valence-corrected chi connectivity index (χ0v) is 10.2. The lowest BCUT2D eigenvalue weighted by atomic mass is 9.54. The van der Waals surface area contributed by atoms with E-state index in [0.29, 0.717) is 18.9 Å². The van der Waals surface area contributed by atoms with Crippen LogP contribution < -0.4 is 5.32 Å². The highest BCUT2D eigenvalue weighted by Crippen LogP contribution is 2.53. The Morgan fingerprint density at radius 3 is 2.24 bits per heavy atom. The van der Waals surface area contributed by atoms with Crippen LogP contribution in [-0.2, 0) is 4.79 Å². The van der Waals surface area contributed by atoms with Gasteiger partial charge in [0, 0.05) is 18.9 Å². The van der Waals surface area contributed by atoms with E-state index in [-0.39, 0.29) is 5.91 Å². The van der Waals surface area contributed by atoms with Gasteiger partial charge in [0.05, 0.1) is 6.07 Å². The Labute approximate surface area is 103 Å². The molecular weight excluding hydrogens is 212 g/mol. The van der Waals surface area contributed by atoms with Gasteiger partial charge < -0.3 is 5.32 Å². The van der Waals surface area contributed by atoms with Gasteiger partial charge in [-0.05, 0) is 55.8 Å². The van der Waals surface area contributed by atoms with Crippen molar-refractivity contribution in [3.63, 3.8) is 0 Å². The lowest BCUT2D eigenvalue weighted by Gasteiger charge is -2.54. The molecule has 3 nitrogen and oxygen atoms in total. The van der Waals surface area contributed by atoms with Gasteiger partial charge in [0.1, 0.15) is 0 Å². The molecule has 1 amide bonds. The maximum Gasteiger partial charge on any atom is 0.221 e. The molecule has 4 rings (SSSR count). The molecular formula is C14H20N2O. The summed E-state index contributed by atoms with van der Waals surface area (Å²) in [6.07, 6.45) is 7.49. The van der Waals surface area contributed by atoms with Gasteiger partial charge >= 0.3 is 0 Å². The van der Waals surface area contributed by atoms with Gasteiger partial charge in [-0.1, -0.05) is 0 Å². The van der Waals surface area contributed by atoms with Crippen molar-refractivity contribution in [2.24, 2.45) is 23.7 Å². The molecule has 0 heterocycles. The first kappa shape index (κ1) is 11.1. The smallest absolute Gasteiger partial charge is 0.221 e. The monoisotopic (exact) mass is 232 g/mol. The molecule has 17 heavy (non-hydrogen) atoms. The molecule has 0 unspecified atom stereocenters. The summed E-state index contributed by atoms with van der Waals surface area (Å²) in [5.41, 5.74) is 0. The predicted molar refractivity (Wildman–Crippen MR) is 63.8 cm³/mol. The van der Waals surface area contributed by atoms with Gasteiger partial charge in [-0.2, -0.15) is 5.26 Å². The van der Waals surface area contributed by atoms with Gasteiger partial charge in [-0.25, -0.2) is 0 Å². The minimum atomic E-state index is 0.0871. The van der Waals surface area contributed by atoms with Crippen LogP contribution in [0.1, 0.15) is 44.9 Å². The highest BCUT2D eigenvalue weighted by atomic mass is 16.1. The summed E-state index contributed by atoms with van der Waals surface area (Å²) in [6.45, 7) is 0. The molecule has 3 heteroatoms. The first-order valence-electron chi connectivity index (χ1n) is 6.92. The quantitative estimate of drug-likeness (QED) is 0.811. The van der Waals surface area contributed by atoms with Crippen molar-refractivity contribution in [3.05, 3.63) is 0 Å². The van der Waals surface area contributed by atoms with Crippen LogP contribution in [0.2, 0.25) is 0 Å². The van der Waals surface area contributed by atoms with Crippen LogP contribution in [-0.4, -0.2) is 11.9 Å². The van der Waals surface area contributed by atoms with Gasteiger partial charge in [0.15, 0.2) is 0 Å². The van der Waals surface area contributed by atoms with Crippen LogP contribution in [0.5, 0.6) is 0 Å². The number of hydrogen-bond acceptors (Lipinski definition) is 2. The predicted octanol–water partition coefficient (Wildman–Crippen LogP) is 2.23. The molecule has 0 aromatic carbocycles. The third-order valence-electron chi connectivity index (χ3n) is 5.02. The maximum absolute atomic E-state index is 11.7. The molecule has 0 atom stereocenters. The van der Waals surface area contributed by atoms with Gasteiger partial charge in [0.25, 0.3) is 0 Å². The van der Waals surface area contributed by atoms with E-state index >= 15 is 0 Å². The molecule has 4 saturated carbocycles. The number of amides is 1. The summed E-state index contributed by atoms with van der Waals surface area (Å²) in [7, 11) is 0. The Bertz CT molecular complexity index is 330. The summed E-state index contributed by atoms with van der Waals surface area (Å²) in [6, 6.07) is 2.46. The van der Waals surface area contributed by atoms with E-state index in [9.17, 15) is 4.79 Å². The zero-order chi connectivity index (χ0) is 11.8. The largest absolute Gasteiger partial charge is 0.353 e. The Kier molecular flexibility index (Phi) is 2.82. The molecule has 4 fully saturated rings. The first-order chi connectivity index (χ1) is 8.26. The summed E-state index contributed by atoms with van der Waals surface area (Å²) < 4.78 is 0. The number of nitrogens with zero attached hydrogens (tertiary/aromatic N) is 1. The van der Waals surface area contributed by atoms with E-state index in [1.54, 1.807) is 0 Å². The molecule has 0 radical (unpaired) electrons. The molecule has 1 N–H and O–H groups in total. The standard InChI is InChI=1S/C14H20N2O/c15-3-1-2-13(17)16-14-11-5-9-4-10(7-11)8-12(14)6-9/h9-12,14H,1-2,4-8H2,(H,16,17). The Morgan fingerprint density at radius 2 is 1.71 bits per heavy atom. The second-order valence-electron chi connectivity index (χ2n) is 6.18. The minimum absolute atomic E-state index is 0.0871. The number of carbonyl (C=O) groups is 1. The van der Waals surface area contributed by atoms with E-state index < -0.39 is 0 Å². The number of carbonyl (C=O) groups excluding carboxylic acids is 1. The van der Waals surface area contributed by atoms with Crippen LogP contribution in [0.15, 0.2) is 0 Å². The Morgan fingerprint density at radius 1 is 1.12 bits per heavy atom. The van der Waals surface area contributed by atoms with E-state index in [1.165, 1.54) is 32.1 Å². The second kappa shape index (κ2) is 4.33. The number of nitrogens with one attached hydrogen (secondary N) is 1. The molecule has 4 bridgehead atoms. The molecule has 4 aliphatic rings. The van der Waals surface area contributed by atoms with Crippen molar-refractivity contribution in [3.8, 4) is 6.07 Å². The average Bonchev–Trinajstić information content (AvgIpc) is 2.30. The minimum Gasteiger partial charge on any atom is -0.353 e. The number of rotatable bonds is 3. The Hall–Kier alpha value is -1.04. The van der Waals surface area contributed by atoms with E-state index in [4.69, 9.17) is 5.26 Å². The molecule has 0 aromatic rings. The van der Waals surface area contributed by atoms with E-state index in [0.717, 1.165) is 23.7 Å². The third-order valence-corrected chi connectivity index (χ3v) is 5.02. The molecule has 0 saturated heterocycles. The Balaban J connectivity index is 1.61. The zero-order valence-electron chi connectivity index (χ0n) is 10.2. The van der Waals surface area contributed by atoms with Crippen molar-refractivity contribution in [2.75, 3.05) is 0 Å². The van der Waals surface area contributed by atoms with Crippen LogP contribution >= 0.6 is 0 Å². The maximum atomic E-state index is 11.7. The van der Waals surface area contributed by atoms with Gasteiger partial charge in [-0.3, -0.25) is 4.79 Å². The molecule has 92 valence electrons. The van der Waals surface area contributed by atoms with Crippen molar-refractivity contribution < 1.29 is 4.79 Å². The van der Waals surface area contributed by atoms with Gasteiger partial charge in [0.2, 0.25) is 5.91 Å². The fraction of sp³-hybridized carbons (Fsp3) is 0.857. The van der Waals surface area contributed by atoms with Crippen LogP contribution in [0.4, 0.5) is 0 Å². The molecule has 0 spiro atoms. The fourth-order valence-electron chi connectivity index (χ4n) is 4.59. The summed E-state index contributed by atoms with van der Waals surface area (Å²) in [4.78, 5) is 11.7. The molecule has 0 aliphatic heterocycles. The van der Waals surface area contributed by atoms with Crippen molar-refractivity contribution in [1.82, 2.24) is 5.32 Å². The highest BCUT2D eigenvalue weighted by Gasteiger charge is 2.48. The second-order valence-corrected chi connectivity index (χ2v) is 6.18.